The monoisotopic (exact) mass is 250 g/mol. The zero-order valence-electron chi connectivity index (χ0n) is 11.2. The van der Waals surface area contributed by atoms with Gasteiger partial charge in [0.25, 0.3) is 0 Å². The number of aromatic nitrogens is 2. The second-order valence-electron chi connectivity index (χ2n) is 5.61. The lowest BCUT2D eigenvalue weighted by Crippen LogP contribution is -2.33. The van der Waals surface area contributed by atoms with Crippen LogP contribution in [0.1, 0.15) is 32.0 Å². The molecule has 2 fully saturated rings. The van der Waals surface area contributed by atoms with Crippen LogP contribution in [0.5, 0.6) is 0 Å². The van der Waals surface area contributed by atoms with Crippen LogP contribution in [0.4, 0.5) is 0 Å². The Morgan fingerprint density at radius 3 is 3.11 bits per heavy atom. The molecule has 0 amide bonds. The SMILES string of the molecule is CCCc1nc(CN2CC3CNCC3C2C)no1. The van der Waals surface area contributed by atoms with Gasteiger partial charge in [0.05, 0.1) is 6.54 Å². The average molecular weight is 250 g/mol. The standard InChI is InChI=1S/C13H22N4O/c1-3-4-13-15-12(16-18-13)8-17-7-10-5-14-6-11(10)9(17)2/h9-11,14H,3-8H2,1-2H3. The van der Waals surface area contributed by atoms with Crippen LogP contribution in [0, 0.1) is 11.8 Å². The van der Waals surface area contributed by atoms with E-state index in [-0.39, 0.29) is 0 Å². The summed E-state index contributed by atoms with van der Waals surface area (Å²) < 4.78 is 5.24. The van der Waals surface area contributed by atoms with Gasteiger partial charge in [-0.3, -0.25) is 4.90 Å². The summed E-state index contributed by atoms with van der Waals surface area (Å²) in [4.78, 5) is 6.95. The van der Waals surface area contributed by atoms with Crippen LogP contribution >= 0.6 is 0 Å². The Balaban J connectivity index is 1.62. The van der Waals surface area contributed by atoms with Crippen LogP contribution in [-0.4, -0.2) is 40.7 Å². The zero-order valence-corrected chi connectivity index (χ0v) is 11.2. The fraction of sp³-hybridized carbons (Fsp3) is 0.846. The molecule has 3 rings (SSSR count). The van der Waals surface area contributed by atoms with Crippen molar-refractivity contribution in [3.8, 4) is 0 Å². The van der Waals surface area contributed by atoms with Gasteiger partial charge in [-0.1, -0.05) is 12.1 Å². The highest BCUT2D eigenvalue weighted by Crippen LogP contribution is 2.32. The van der Waals surface area contributed by atoms with Crippen molar-refractivity contribution in [3.05, 3.63) is 11.7 Å². The van der Waals surface area contributed by atoms with Crippen molar-refractivity contribution in [1.29, 1.82) is 0 Å². The quantitative estimate of drug-likeness (QED) is 0.866. The largest absolute Gasteiger partial charge is 0.339 e. The minimum absolute atomic E-state index is 0.623. The van der Waals surface area contributed by atoms with Crippen LogP contribution in [-0.2, 0) is 13.0 Å². The number of nitrogens with one attached hydrogen (secondary N) is 1. The Bertz CT molecular complexity index is 405. The molecule has 1 aromatic rings. The van der Waals surface area contributed by atoms with Gasteiger partial charge in [-0.2, -0.15) is 4.98 Å². The van der Waals surface area contributed by atoms with E-state index >= 15 is 0 Å². The van der Waals surface area contributed by atoms with Gasteiger partial charge in [-0.15, -0.1) is 0 Å². The molecule has 3 heterocycles. The number of hydrogen-bond donors (Lipinski definition) is 1. The molecule has 2 saturated heterocycles. The molecule has 0 aromatic carbocycles. The van der Waals surface area contributed by atoms with E-state index in [1.54, 1.807) is 0 Å². The van der Waals surface area contributed by atoms with Gasteiger partial charge >= 0.3 is 0 Å². The lowest BCUT2D eigenvalue weighted by atomic mass is 9.95. The van der Waals surface area contributed by atoms with Gasteiger partial charge < -0.3 is 9.84 Å². The van der Waals surface area contributed by atoms with Crippen molar-refractivity contribution in [2.24, 2.45) is 11.8 Å². The Kier molecular flexibility index (Phi) is 3.35. The van der Waals surface area contributed by atoms with Gasteiger partial charge in [0, 0.05) is 19.0 Å². The smallest absolute Gasteiger partial charge is 0.226 e. The lowest BCUT2D eigenvalue weighted by molar-refractivity contribution is 0.222. The van der Waals surface area contributed by atoms with Crippen LogP contribution < -0.4 is 5.32 Å². The first-order valence-corrected chi connectivity index (χ1v) is 7.04. The van der Waals surface area contributed by atoms with Gasteiger partial charge in [-0.05, 0) is 38.3 Å². The Hall–Kier alpha value is -0.940. The zero-order chi connectivity index (χ0) is 12.5. The topological polar surface area (TPSA) is 54.2 Å². The Morgan fingerprint density at radius 1 is 1.44 bits per heavy atom. The van der Waals surface area contributed by atoms with Crippen molar-refractivity contribution in [3.63, 3.8) is 0 Å². The van der Waals surface area contributed by atoms with E-state index in [2.05, 4.69) is 34.2 Å². The third-order valence-electron chi connectivity index (χ3n) is 4.38. The van der Waals surface area contributed by atoms with Crippen molar-refractivity contribution < 1.29 is 4.52 Å². The third kappa shape index (κ3) is 2.17. The highest BCUT2D eigenvalue weighted by molar-refractivity contribution is 4.98. The molecule has 5 nitrogen and oxygen atoms in total. The van der Waals surface area contributed by atoms with E-state index in [4.69, 9.17) is 4.52 Å². The van der Waals surface area contributed by atoms with E-state index in [0.29, 0.717) is 6.04 Å². The number of nitrogens with zero attached hydrogens (tertiary/aromatic N) is 3. The lowest BCUT2D eigenvalue weighted by Gasteiger charge is -2.22. The van der Waals surface area contributed by atoms with Crippen LogP contribution in [0.15, 0.2) is 4.52 Å². The first-order chi connectivity index (χ1) is 8.78. The summed E-state index contributed by atoms with van der Waals surface area (Å²) in [5, 5.41) is 7.57. The molecule has 1 N–H and O–H groups in total. The summed E-state index contributed by atoms with van der Waals surface area (Å²) >= 11 is 0. The number of fused-ring (bicyclic) bond motifs is 1. The van der Waals surface area contributed by atoms with Crippen molar-refractivity contribution in [2.75, 3.05) is 19.6 Å². The number of likely N-dealkylation sites (tertiary alicyclic amines) is 1. The van der Waals surface area contributed by atoms with E-state index in [1.165, 1.54) is 6.54 Å². The molecule has 0 bridgehead atoms. The summed E-state index contributed by atoms with van der Waals surface area (Å²) in [6.45, 7) is 8.78. The third-order valence-corrected chi connectivity index (χ3v) is 4.38. The maximum absolute atomic E-state index is 5.24. The summed E-state index contributed by atoms with van der Waals surface area (Å²) in [5.74, 6) is 3.23. The predicted octanol–water partition coefficient (Wildman–Crippen LogP) is 1.06. The summed E-state index contributed by atoms with van der Waals surface area (Å²) in [6, 6.07) is 0.623. The second-order valence-corrected chi connectivity index (χ2v) is 5.61. The highest BCUT2D eigenvalue weighted by Gasteiger charge is 2.41. The number of rotatable bonds is 4. The van der Waals surface area contributed by atoms with E-state index in [9.17, 15) is 0 Å². The molecule has 2 aliphatic rings. The van der Waals surface area contributed by atoms with Crippen LogP contribution in [0.25, 0.3) is 0 Å². The molecule has 3 unspecified atom stereocenters. The first kappa shape index (κ1) is 12.1. The number of aryl methyl sites for hydroxylation is 1. The molecular formula is C13H22N4O. The van der Waals surface area contributed by atoms with Gasteiger partial charge in [0.15, 0.2) is 5.82 Å². The molecule has 0 saturated carbocycles. The second kappa shape index (κ2) is 4.97. The molecule has 5 heteroatoms. The first-order valence-electron chi connectivity index (χ1n) is 7.04. The molecule has 18 heavy (non-hydrogen) atoms. The van der Waals surface area contributed by atoms with Crippen molar-refractivity contribution in [1.82, 2.24) is 20.4 Å². The van der Waals surface area contributed by atoms with E-state index in [1.807, 2.05) is 0 Å². The van der Waals surface area contributed by atoms with Crippen molar-refractivity contribution >= 4 is 0 Å². The summed E-state index contributed by atoms with van der Waals surface area (Å²) in [5.41, 5.74) is 0. The molecule has 100 valence electrons. The molecule has 2 aliphatic heterocycles. The summed E-state index contributed by atoms with van der Waals surface area (Å²) in [6.07, 6.45) is 1.94. The van der Waals surface area contributed by atoms with Crippen LogP contribution in [0.2, 0.25) is 0 Å². The normalized spacial score (nSPS) is 32.0. The summed E-state index contributed by atoms with van der Waals surface area (Å²) in [7, 11) is 0. The van der Waals surface area contributed by atoms with Crippen molar-refractivity contribution in [2.45, 2.75) is 39.3 Å². The van der Waals surface area contributed by atoms with Gasteiger partial charge in [-0.25, -0.2) is 0 Å². The molecule has 0 radical (unpaired) electrons. The average Bonchev–Trinajstić information content (AvgIpc) is 3.02. The fourth-order valence-corrected chi connectivity index (χ4v) is 3.32. The minimum atomic E-state index is 0.623. The molecular weight excluding hydrogens is 228 g/mol. The van der Waals surface area contributed by atoms with Gasteiger partial charge in [0.2, 0.25) is 5.89 Å². The molecule has 1 aromatic heterocycles. The van der Waals surface area contributed by atoms with E-state index < -0.39 is 0 Å². The minimum Gasteiger partial charge on any atom is -0.339 e. The van der Waals surface area contributed by atoms with E-state index in [0.717, 1.165) is 56.0 Å². The van der Waals surface area contributed by atoms with Crippen LogP contribution in [0.3, 0.4) is 0 Å². The Morgan fingerprint density at radius 2 is 2.33 bits per heavy atom. The predicted molar refractivity (Wildman–Crippen MR) is 68.0 cm³/mol. The fourth-order valence-electron chi connectivity index (χ4n) is 3.32. The maximum Gasteiger partial charge on any atom is 0.226 e. The maximum atomic E-state index is 5.24. The molecule has 3 atom stereocenters. The molecule has 0 spiro atoms. The highest BCUT2D eigenvalue weighted by atomic mass is 16.5. The molecule has 0 aliphatic carbocycles. The Labute approximate surface area is 108 Å². The van der Waals surface area contributed by atoms with Gasteiger partial charge in [0.1, 0.15) is 0 Å². The number of hydrogen-bond acceptors (Lipinski definition) is 5.